The van der Waals surface area contributed by atoms with Crippen LogP contribution in [0.1, 0.15) is 43.2 Å². The molecule has 0 radical (unpaired) electrons. The number of carbonyl (C=O) groups excluding carboxylic acids is 1. The zero-order chi connectivity index (χ0) is 13.0. The van der Waals surface area contributed by atoms with Gasteiger partial charge in [-0.15, -0.1) is 11.3 Å². The predicted molar refractivity (Wildman–Crippen MR) is 75.1 cm³/mol. The molecule has 0 unspecified atom stereocenters. The van der Waals surface area contributed by atoms with E-state index < -0.39 is 0 Å². The molecule has 100 valence electrons. The maximum absolute atomic E-state index is 11.8. The molecule has 0 atom stereocenters. The number of carbonyl (C=O) groups is 1. The summed E-state index contributed by atoms with van der Waals surface area (Å²) in [5.74, 6) is 0.0123. The quantitative estimate of drug-likeness (QED) is 0.861. The smallest absolute Gasteiger partial charge is 0.240 e. The highest BCUT2D eigenvalue weighted by atomic mass is 32.1. The van der Waals surface area contributed by atoms with Crippen LogP contribution in [0.4, 0.5) is 5.13 Å². The molecule has 0 aliphatic heterocycles. The summed E-state index contributed by atoms with van der Waals surface area (Å²) in [7, 11) is 0. The van der Waals surface area contributed by atoms with Crippen LogP contribution in [0.5, 0.6) is 0 Å². The van der Waals surface area contributed by atoms with Crippen molar-refractivity contribution in [2.24, 2.45) is 0 Å². The van der Waals surface area contributed by atoms with E-state index >= 15 is 0 Å². The topological polar surface area (TPSA) is 54.0 Å². The van der Waals surface area contributed by atoms with Crippen LogP contribution >= 0.6 is 11.3 Å². The van der Waals surface area contributed by atoms with Gasteiger partial charge in [-0.05, 0) is 26.2 Å². The molecule has 4 nitrogen and oxygen atoms in total. The fourth-order valence-corrected chi connectivity index (χ4v) is 3.26. The highest BCUT2D eigenvalue weighted by Gasteiger charge is 2.16. The molecular weight excluding hydrogens is 246 g/mol. The van der Waals surface area contributed by atoms with Gasteiger partial charge in [0.05, 0.1) is 12.2 Å². The van der Waals surface area contributed by atoms with Gasteiger partial charge in [-0.2, -0.15) is 0 Å². The fraction of sp³-hybridized carbons (Fsp3) is 0.692. The summed E-state index contributed by atoms with van der Waals surface area (Å²) in [6.07, 6.45) is 5.88. The Morgan fingerprint density at radius 2 is 2.17 bits per heavy atom. The van der Waals surface area contributed by atoms with Crippen molar-refractivity contribution in [3.05, 3.63) is 10.6 Å². The van der Waals surface area contributed by atoms with E-state index in [1.807, 2.05) is 6.92 Å². The van der Waals surface area contributed by atoms with Crippen molar-refractivity contribution in [2.75, 3.05) is 11.9 Å². The second kappa shape index (κ2) is 6.29. The Bertz CT molecular complexity index is 410. The maximum Gasteiger partial charge on any atom is 0.240 e. The minimum absolute atomic E-state index is 0.0123. The molecule has 1 aromatic rings. The first-order valence-electron chi connectivity index (χ1n) is 6.68. The van der Waals surface area contributed by atoms with Gasteiger partial charge < -0.3 is 10.6 Å². The molecule has 1 aromatic heterocycles. The molecule has 1 heterocycles. The van der Waals surface area contributed by atoms with Crippen LogP contribution in [0.15, 0.2) is 0 Å². The molecule has 18 heavy (non-hydrogen) atoms. The Hall–Kier alpha value is -0.940. The lowest BCUT2D eigenvalue weighted by atomic mass is 10.2. The third-order valence-electron chi connectivity index (χ3n) is 3.38. The van der Waals surface area contributed by atoms with E-state index in [0.29, 0.717) is 12.6 Å². The van der Waals surface area contributed by atoms with Gasteiger partial charge in [0.15, 0.2) is 5.13 Å². The largest absolute Gasteiger partial charge is 0.306 e. The molecule has 0 aromatic carbocycles. The number of anilines is 1. The second-order valence-corrected chi connectivity index (χ2v) is 5.99. The molecule has 2 N–H and O–H groups in total. The van der Waals surface area contributed by atoms with Gasteiger partial charge >= 0.3 is 0 Å². The van der Waals surface area contributed by atoms with Crippen molar-refractivity contribution in [2.45, 2.75) is 52.0 Å². The summed E-state index contributed by atoms with van der Waals surface area (Å²) in [5, 5.41) is 6.89. The van der Waals surface area contributed by atoms with E-state index in [-0.39, 0.29) is 5.91 Å². The van der Waals surface area contributed by atoms with Crippen LogP contribution in [0.2, 0.25) is 0 Å². The first-order valence-corrected chi connectivity index (χ1v) is 7.50. The van der Waals surface area contributed by atoms with Crippen LogP contribution in [-0.2, 0) is 11.2 Å². The number of nitrogens with one attached hydrogen (secondary N) is 2. The summed E-state index contributed by atoms with van der Waals surface area (Å²) < 4.78 is 0. The van der Waals surface area contributed by atoms with Gasteiger partial charge in [0.2, 0.25) is 5.91 Å². The van der Waals surface area contributed by atoms with Gasteiger partial charge in [0.25, 0.3) is 0 Å². The van der Waals surface area contributed by atoms with Crippen LogP contribution in [-0.4, -0.2) is 23.5 Å². The first-order chi connectivity index (χ1) is 8.69. The Kier molecular flexibility index (Phi) is 4.72. The molecule has 0 spiro atoms. The van der Waals surface area contributed by atoms with Crippen molar-refractivity contribution in [3.8, 4) is 0 Å². The number of nitrogens with zero attached hydrogens (tertiary/aromatic N) is 1. The Labute approximate surface area is 112 Å². The van der Waals surface area contributed by atoms with E-state index in [1.54, 1.807) is 11.3 Å². The third kappa shape index (κ3) is 3.53. The summed E-state index contributed by atoms with van der Waals surface area (Å²) in [6.45, 7) is 4.52. The second-order valence-electron chi connectivity index (χ2n) is 4.79. The van der Waals surface area contributed by atoms with Crippen molar-refractivity contribution in [1.82, 2.24) is 10.3 Å². The zero-order valence-corrected chi connectivity index (χ0v) is 11.9. The highest BCUT2D eigenvalue weighted by Crippen LogP contribution is 2.22. The maximum atomic E-state index is 11.8. The molecule has 2 rings (SSSR count). The fourth-order valence-electron chi connectivity index (χ4n) is 2.34. The van der Waals surface area contributed by atoms with E-state index in [4.69, 9.17) is 0 Å². The summed E-state index contributed by atoms with van der Waals surface area (Å²) in [4.78, 5) is 17.4. The number of rotatable bonds is 5. The highest BCUT2D eigenvalue weighted by molar-refractivity contribution is 7.15. The molecular formula is C13H21N3OS. The molecule has 0 saturated heterocycles. The first kappa shape index (κ1) is 13.5. The SMILES string of the molecule is CCc1nc(NC(=O)CNC2CCCC2)sc1C. The predicted octanol–water partition coefficient (Wildman–Crippen LogP) is 2.48. The lowest BCUT2D eigenvalue weighted by Crippen LogP contribution is -2.34. The molecule has 1 fully saturated rings. The van der Waals surface area contributed by atoms with E-state index in [1.165, 1.54) is 30.6 Å². The minimum Gasteiger partial charge on any atom is -0.306 e. The molecule has 1 amide bonds. The number of thiazole rings is 1. The number of aryl methyl sites for hydroxylation is 2. The number of hydrogen-bond donors (Lipinski definition) is 2. The van der Waals surface area contributed by atoms with Crippen LogP contribution < -0.4 is 10.6 Å². The standard InChI is InChI=1S/C13H21N3OS/c1-3-11-9(2)18-13(15-11)16-12(17)8-14-10-6-4-5-7-10/h10,14H,3-8H2,1-2H3,(H,15,16,17). The van der Waals surface area contributed by atoms with E-state index in [0.717, 1.165) is 17.2 Å². The molecule has 0 bridgehead atoms. The Morgan fingerprint density at radius 1 is 1.44 bits per heavy atom. The van der Waals surface area contributed by atoms with Crippen LogP contribution in [0.3, 0.4) is 0 Å². The number of amides is 1. The molecule has 1 aliphatic carbocycles. The average Bonchev–Trinajstić information content (AvgIpc) is 2.96. The Balaban J connectivity index is 1.79. The van der Waals surface area contributed by atoms with Crippen molar-refractivity contribution in [3.63, 3.8) is 0 Å². The monoisotopic (exact) mass is 267 g/mol. The molecule has 5 heteroatoms. The van der Waals surface area contributed by atoms with E-state index in [2.05, 4.69) is 22.5 Å². The lowest BCUT2D eigenvalue weighted by molar-refractivity contribution is -0.115. The third-order valence-corrected chi connectivity index (χ3v) is 4.31. The zero-order valence-electron chi connectivity index (χ0n) is 11.1. The normalized spacial score (nSPS) is 16.1. The summed E-state index contributed by atoms with van der Waals surface area (Å²) in [6, 6.07) is 0.528. The van der Waals surface area contributed by atoms with Crippen molar-refractivity contribution in [1.29, 1.82) is 0 Å². The van der Waals surface area contributed by atoms with Gasteiger partial charge in [-0.3, -0.25) is 4.79 Å². The van der Waals surface area contributed by atoms with Gasteiger partial charge in [0.1, 0.15) is 0 Å². The summed E-state index contributed by atoms with van der Waals surface area (Å²) in [5.41, 5.74) is 1.08. The molecule has 1 aliphatic rings. The van der Waals surface area contributed by atoms with E-state index in [9.17, 15) is 4.79 Å². The van der Waals surface area contributed by atoms with Gasteiger partial charge in [0, 0.05) is 10.9 Å². The van der Waals surface area contributed by atoms with Crippen LogP contribution in [0, 0.1) is 6.92 Å². The Morgan fingerprint density at radius 3 is 2.78 bits per heavy atom. The average molecular weight is 267 g/mol. The number of hydrogen-bond acceptors (Lipinski definition) is 4. The van der Waals surface area contributed by atoms with Gasteiger partial charge in [-0.25, -0.2) is 4.98 Å². The van der Waals surface area contributed by atoms with Crippen molar-refractivity contribution >= 4 is 22.4 Å². The van der Waals surface area contributed by atoms with Crippen molar-refractivity contribution < 1.29 is 4.79 Å². The van der Waals surface area contributed by atoms with Crippen LogP contribution in [0.25, 0.3) is 0 Å². The summed E-state index contributed by atoms with van der Waals surface area (Å²) >= 11 is 1.55. The number of aromatic nitrogens is 1. The molecule has 1 saturated carbocycles. The minimum atomic E-state index is 0.0123. The lowest BCUT2D eigenvalue weighted by Gasteiger charge is -2.10. The van der Waals surface area contributed by atoms with Gasteiger partial charge in [-0.1, -0.05) is 19.8 Å².